The minimum Gasteiger partial charge on any atom is -0.371 e. The van der Waals surface area contributed by atoms with E-state index >= 15 is 0 Å². The Morgan fingerprint density at radius 1 is 1.60 bits per heavy atom. The molecule has 0 saturated heterocycles. The van der Waals surface area contributed by atoms with E-state index in [0.29, 0.717) is 6.42 Å². The molecule has 0 radical (unpaired) electrons. The van der Waals surface area contributed by atoms with Crippen LogP contribution < -0.4 is 0 Å². The molecular weight excluding hydrogens is 192 g/mol. The van der Waals surface area contributed by atoms with Crippen LogP contribution in [-0.4, -0.2) is 28.3 Å². The van der Waals surface area contributed by atoms with Gasteiger partial charge in [-0.25, -0.2) is 0 Å². The molecule has 4 heteroatoms. The molecule has 4 nitrogen and oxygen atoms in total. The van der Waals surface area contributed by atoms with Crippen molar-refractivity contribution in [3.05, 3.63) is 18.0 Å². The van der Waals surface area contributed by atoms with Gasteiger partial charge in [0.2, 0.25) is 0 Å². The highest BCUT2D eigenvalue weighted by Crippen LogP contribution is 2.00. The molecule has 0 aliphatic carbocycles. The smallest absolute Gasteiger partial charge is 0.162 e. The Kier molecular flexibility index (Phi) is 4.49. The van der Waals surface area contributed by atoms with Gasteiger partial charge in [-0.15, -0.1) is 0 Å². The van der Waals surface area contributed by atoms with Crippen LogP contribution in [-0.2, 0) is 22.5 Å². The van der Waals surface area contributed by atoms with Gasteiger partial charge in [-0.3, -0.25) is 9.48 Å². The average molecular weight is 210 g/mol. The van der Waals surface area contributed by atoms with E-state index in [4.69, 9.17) is 4.74 Å². The quantitative estimate of drug-likeness (QED) is 0.713. The van der Waals surface area contributed by atoms with E-state index in [2.05, 4.69) is 5.10 Å². The number of ketones is 1. The Balaban J connectivity index is 2.37. The molecule has 0 N–H and O–H groups in total. The zero-order valence-corrected chi connectivity index (χ0v) is 9.56. The number of Topliss-reactive ketones (excluding diaryl/α,β-unsaturated/α-hetero) is 1. The van der Waals surface area contributed by atoms with E-state index < -0.39 is 0 Å². The van der Waals surface area contributed by atoms with E-state index in [1.165, 1.54) is 0 Å². The Hall–Kier alpha value is -1.16. The topological polar surface area (TPSA) is 44.1 Å². The molecule has 0 spiro atoms. The Morgan fingerprint density at radius 3 is 2.87 bits per heavy atom. The normalized spacial score (nSPS) is 10.9. The number of nitrogens with zero attached hydrogens (tertiary/aromatic N) is 2. The van der Waals surface area contributed by atoms with Crippen molar-refractivity contribution in [2.24, 2.45) is 0 Å². The molecule has 1 aromatic rings. The third kappa shape index (κ3) is 4.25. The van der Waals surface area contributed by atoms with Gasteiger partial charge in [0.15, 0.2) is 5.78 Å². The van der Waals surface area contributed by atoms with Crippen molar-refractivity contribution in [2.45, 2.75) is 39.8 Å². The van der Waals surface area contributed by atoms with Crippen LogP contribution in [0, 0.1) is 0 Å². The molecule has 0 fully saturated rings. The molecule has 0 aliphatic rings. The van der Waals surface area contributed by atoms with Gasteiger partial charge in [0, 0.05) is 19.2 Å². The lowest BCUT2D eigenvalue weighted by Crippen LogP contribution is -2.14. The van der Waals surface area contributed by atoms with Crippen LogP contribution >= 0.6 is 0 Å². The summed E-state index contributed by atoms with van der Waals surface area (Å²) in [5.74, 6) is 0.0966. The van der Waals surface area contributed by atoms with Crippen molar-refractivity contribution in [1.29, 1.82) is 0 Å². The average Bonchev–Trinajstić information content (AvgIpc) is 2.62. The summed E-state index contributed by atoms with van der Waals surface area (Å²) in [5.41, 5.74) is 0.953. The van der Waals surface area contributed by atoms with Crippen molar-refractivity contribution in [1.82, 2.24) is 9.78 Å². The molecule has 0 saturated carbocycles. The van der Waals surface area contributed by atoms with Crippen LogP contribution in [0.3, 0.4) is 0 Å². The van der Waals surface area contributed by atoms with E-state index in [-0.39, 0.29) is 18.5 Å². The maximum absolute atomic E-state index is 11.5. The van der Waals surface area contributed by atoms with Gasteiger partial charge in [0.05, 0.1) is 12.3 Å². The number of rotatable bonds is 6. The van der Waals surface area contributed by atoms with Crippen LogP contribution in [0.2, 0.25) is 0 Å². The first-order chi connectivity index (χ1) is 7.11. The monoisotopic (exact) mass is 210 g/mol. The molecule has 84 valence electrons. The second-order valence-electron chi connectivity index (χ2n) is 3.78. The van der Waals surface area contributed by atoms with Gasteiger partial charge in [-0.05, 0) is 26.3 Å². The molecule has 1 aromatic heterocycles. The van der Waals surface area contributed by atoms with Crippen molar-refractivity contribution >= 4 is 5.78 Å². The summed E-state index contributed by atoms with van der Waals surface area (Å²) in [6, 6.07) is 0. The predicted molar refractivity (Wildman–Crippen MR) is 57.7 cm³/mol. The third-order valence-corrected chi connectivity index (χ3v) is 1.99. The van der Waals surface area contributed by atoms with E-state index in [0.717, 1.165) is 12.1 Å². The van der Waals surface area contributed by atoms with Gasteiger partial charge < -0.3 is 4.74 Å². The maximum atomic E-state index is 11.5. The zero-order chi connectivity index (χ0) is 11.3. The molecular formula is C11H18N2O2. The molecule has 0 bridgehead atoms. The van der Waals surface area contributed by atoms with Gasteiger partial charge in [-0.2, -0.15) is 5.10 Å². The lowest BCUT2D eigenvalue weighted by atomic mass is 10.2. The number of aromatic nitrogens is 2. The third-order valence-electron chi connectivity index (χ3n) is 1.99. The van der Waals surface area contributed by atoms with Crippen molar-refractivity contribution in [3.8, 4) is 0 Å². The molecule has 0 aliphatic heterocycles. The first-order valence-electron chi connectivity index (χ1n) is 5.26. The molecule has 1 rings (SSSR count). The summed E-state index contributed by atoms with van der Waals surface area (Å²) in [7, 11) is 0. The fourth-order valence-corrected chi connectivity index (χ4v) is 1.21. The summed E-state index contributed by atoms with van der Waals surface area (Å²) in [6.07, 6.45) is 4.14. The molecule has 1 heterocycles. The van der Waals surface area contributed by atoms with Gasteiger partial charge in [0.25, 0.3) is 0 Å². The largest absolute Gasteiger partial charge is 0.371 e. The highest BCUT2D eigenvalue weighted by atomic mass is 16.5. The molecule has 0 unspecified atom stereocenters. The fraction of sp³-hybridized carbons (Fsp3) is 0.636. The minimum absolute atomic E-state index is 0.0966. The predicted octanol–water partition coefficient (Wildman–Crippen LogP) is 1.44. The summed E-state index contributed by atoms with van der Waals surface area (Å²) >= 11 is 0. The van der Waals surface area contributed by atoms with Crippen molar-refractivity contribution in [3.63, 3.8) is 0 Å². The van der Waals surface area contributed by atoms with Gasteiger partial charge in [0.1, 0.15) is 6.61 Å². The van der Waals surface area contributed by atoms with E-state index in [1.807, 2.05) is 31.6 Å². The Bertz CT molecular complexity index is 318. The van der Waals surface area contributed by atoms with Crippen LogP contribution in [0.25, 0.3) is 0 Å². The van der Waals surface area contributed by atoms with Crippen LogP contribution in [0.15, 0.2) is 12.4 Å². The molecule has 15 heavy (non-hydrogen) atoms. The number of carbonyl (C=O) groups is 1. The van der Waals surface area contributed by atoms with Crippen LogP contribution in [0.1, 0.15) is 26.3 Å². The van der Waals surface area contributed by atoms with Gasteiger partial charge >= 0.3 is 0 Å². The first-order valence-corrected chi connectivity index (χ1v) is 5.26. The van der Waals surface area contributed by atoms with Gasteiger partial charge in [-0.1, -0.05) is 0 Å². The summed E-state index contributed by atoms with van der Waals surface area (Å²) < 4.78 is 7.04. The highest BCUT2D eigenvalue weighted by Gasteiger charge is 2.06. The lowest BCUT2D eigenvalue weighted by molar-refractivity contribution is -0.124. The first kappa shape index (κ1) is 11.9. The summed E-state index contributed by atoms with van der Waals surface area (Å²) in [5, 5.41) is 4.11. The number of carbonyl (C=O) groups excluding carboxylic acids is 1. The zero-order valence-electron chi connectivity index (χ0n) is 9.56. The fourth-order valence-electron chi connectivity index (χ4n) is 1.21. The van der Waals surface area contributed by atoms with Crippen LogP contribution in [0.5, 0.6) is 0 Å². The standard InChI is InChI=1S/C11H18N2O2/c1-4-13-7-10(6-12-13)5-11(14)8-15-9(2)3/h6-7,9H,4-5,8H2,1-3H3. The number of hydrogen-bond donors (Lipinski definition) is 0. The number of hydrogen-bond acceptors (Lipinski definition) is 3. The van der Waals surface area contributed by atoms with E-state index in [1.54, 1.807) is 6.20 Å². The Morgan fingerprint density at radius 2 is 2.33 bits per heavy atom. The van der Waals surface area contributed by atoms with Crippen molar-refractivity contribution in [2.75, 3.05) is 6.61 Å². The summed E-state index contributed by atoms with van der Waals surface area (Å²) in [4.78, 5) is 11.5. The Labute approximate surface area is 90.2 Å². The minimum atomic E-state index is 0.0966. The lowest BCUT2D eigenvalue weighted by Gasteiger charge is -2.05. The number of aryl methyl sites for hydroxylation is 1. The molecule has 0 aromatic carbocycles. The maximum Gasteiger partial charge on any atom is 0.162 e. The van der Waals surface area contributed by atoms with Crippen LogP contribution in [0.4, 0.5) is 0 Å². The number of ether oxygens (including phenoxy) is 1. The van der Waals surface area contributed by atoms with E-state index in [9.17, 15) is 4.79 Å². The molecule has 0 atom stereocenters. The molecule has 0 amide bonds. The SMILES string of the molecule is CCn1cc(CC(=O)COC(C)C)cn1. The summed E-state index contributed by atoms with van der Waals surface area (Å²) in [6.45, 7) is 6.87. The second kappa shape index (κ2) is 5.66. The second-order valence-corrected chi connectivity index (χ2v) is 3.78. The van der Waals surface area contributed by atoms with Crippen molar-refractivity contribution < 1.29 is 9.53 Å². The highest BCUT2D eigenvalue weighted by molar-refractivity contribution is 5.81.